The molecule has 0 aliphatic heterocycles. The molecule has 0 unspecified atom stereocenters. The van der Waals surface area contributed by atoms with Gasteiger partial charge in [-0.15, -0.1) is 0 Å². The normalized spacial score (nSPS) is 8.92. The van der Waals surface area contributed by atoms with E-state index < -0.39 is 26.2 Å². The van der Waals surface area contributed by atoms with Gasteiger partial charge < -0.3 is 27.7 Å². The second kappa shape index (κ2) is 9.34. The standard InChI is InChI=1S/C3H4O4.Ba.H3O4P.2H/c4-1-2(5)3(6)7;;1-5(2,3)4;;/h4H,1H2,(H,6,7);;(H3,1,2,3,4);;/q;+2;;2*-1. The monoisotopic (exact) mass is 342 g/mol. The number of aliphatic hydroxyl groups is 1. The summed E-state index contributed by atoms with van der Waals surface area (Å²) in [4.78, 5) is 40.6. The number of carboxylic acid groups (broad SMARTS) is 1. The molecule has 76 valence electrons. The Kier molecular flexibility index (Phi) is 13.9. The van der Waals surface area contributed by atoms with E-state index >= 15 is 0 Å². The van der Waals surface area contributed by atoms with Crippen LogP contribution in [0, 0.1) is 0 Å². The van der Waals surface area contributed by atoms with Crippen LogP contribution in [0.5, 0.6) is 0 Å². The number of carbonyl (C=O) groups excluding carboxylic acids is 1. The Balaban J connectivity index is -0.0000000383. The number of aliphatic carboxylic acids is 1. The van der Waals surface area contributed by atoms with Gasteiger partial charge in [-0.2, -0.15) is 0 Å². The second-order valence-corrected chi connectivity index (χ2v) is 2.43. The Labute approximate surface area is 116 Å². The number of aliphatic hydroxyl groups excluding tert-OH is 1. The molecule has 0 aromatic heterocycles. The van der Waals surface area contributed by atoms with E-state index in [0.717, 1.165) is 0 Å². The van der Waals surface area contributed by atoms with Crippen molar-refractivity contribution in [1.82, 2.24) is 0 Å². The molecule has 0 heterocycles. The smallest absolute Gasteiger partial charge is 1.00 e. The molecule has 0 radical (unpaired) electrons. The molecule has 0 rings (SSSR count). The average molecular weight is 341 g/mol. The molecule has 0 aliphatic rings. The fourth-order valence-corrected chi connectivity index (χ4v) is 0.0676. The van der Waals surface area contributed by atoms with Gasteiger partial charge in [0.15, 0.2) is 0 Å². The van der Waals surface area contributed by atoms with Gasteiger partial charge in [-0.25, -0.2) is 9.36 Å². The molecule has 13 heavy (non-hydrogen) atoms. The van der Waals surface area contributed by atoms with Gasteiger partial charge in [0.25, 0.3) is 5.78 Å². The number of hydrogen-bond acceptors (Lipinski definition) is 4. The summed E-state index contributed by atoms with van der Waals surface area (Å²) in [6.45, 7) is -0.921. The summed E-state index contributed by atoms with van der Waals surface area (Å²) >= 11 is 0. The van der Waals surface area contributed by atoms with E-state index in [-0.39, 0.29) is 51.7 Å². The molecule has 0 atom stereocenters. The number of rotatable bonds is 2. The van der Waals surface area contributed by atoms with Gasteiger partial charge in [-0.1, -0.05) is 0 Å². The molecule has 0 saturated carbocycles. The van der Waals surface area contributed by atoms with Crippen LogP contribution < -0.4 is 0 Å². The van der Waals surface area contributed by atoms with Gasteiger partial charge in [-0.3, -0.25) is 4.79 Å². The average Bonchev–Trinajstić information content (AvgIpc) is 1.82. The third-order valence-electron chi connectivity index (χ3n) is 0.382. The van der Waals surface area contributed by atoms with E-state index in [1.54, 1.807) is 0 Å². The van der Waals surface area contributed by atoms with Crippen molar-refractivity contribution in [2.75, 3.05) is 6.61 Å². The quantitative estimate of drug-likeness (QED) is 0.211. The summed E-state index contributed by atoms with van der Waals surface area (Å²) in [5, 5.41) is 15.4. The van der Waals surface area contributed by atoms with Crippen LogP contribution in [0.4, 0.5) is 0 Å². The zero-order valence-electron chi connectivity index (χ0n) is 8.32. The van der Waals surface area contributed by atoms with E-state index in [9.17, 15) is 9.59 Å². The first-order chi connectivity index (χ1) is 5.18. The fraction of sp³-hybridized carbons (Fsp3) is 0.333. The van der Waals surface area contributed by atoms with Gasteiger partial charge in [0.1, 0.15) is 6.61 Å². The molecule has 0 fully saturated rings. The number of Topliss-reactive ketones (excluding diaryl/α,β-unsaturated/α-hetero) is 1. The van der Waals surface area contributed by atoms with Gasteiger partial charge in [0.2, 0.25) is 0 Å². The van der Waals surface area contributed by atoms with Gasteiger partial charge in [0.05, 0.1) is 0 Å². The molecule has 8 nitrogen and oxygen atoms in total. The molecule has 0 spiro atoms. The van der Waals surface area contributed by atoms with Crippen LogP contribution >= 0.6 is 7.82 Å². The van der Waals surface area contributed by atoms with Crippen molar-refractivity contribution in [1.29, 1.82) is 0 Å². The minimum absolute atomic E-state index is 0. The van der Waals surface area contributed by atoms with Crippen LogP contribution in [0.1, 0.15) is 2.85 Å². The van der Waals surface area contributed by atoms with Crippen molar-refractivity contribution >= 4 is 68.5 Å². The van der Waals surface area contributed by atoms with E-state index in [1.807, 2.05) is 0 Å². The zero-order chi connectivity index (χ0) is 10.4. The first-order valence-corrected chi connectivity index (χ1v) is 3.90. The Morgan fingerprint density at radius 3 is 1.46 bits per heavy atom. The Morgan fingerprint density at radius 2 is 1.46 bits per heavy atom. The summed E-state index contributed by atoms with van der Waals surface area (Å²) in [5.41, 5.74) is 0. The second-order valence-electron chi connectivity index (χ2n) is 1.40. The van der Waals surface area contributed by atoms with Crippen LogP contribution in [-0.4, -0.2) is 92.1 Å². The molecule has 0 aromatic rings. The molecular formula is C3H9BaO8P. The third-order valence-corrected chi connectivity index (χ3v) is 0.382. The topological polar surface area (TPSA) is 152 Å². The Hall–Kier alpha value is 0.781. The van der Waals surface area contributed by atoms with Gasteiger partial charge >= 0.3 is 62.7 Å². The summed E-state index contributed by atoms with van der Waals surface area (Å²) < 4.78 is 8.88. The zero-order valence-corrected chi connectivity index (χ0v) is 11.7. The molecule has 0 aromatic carbocycles. The summed E-state index contributed by atoms with van der Waals surface area (Å²) in [6.07, 6.45) is 0. The van der Waals surface area contributed by atoms with Crippen molar-refractivity contribution in [3.63, 3.8) is 0 Å². The number of phosphoric acid groups is 1. The van der Waals surface area contributed by atoms with Crippen LogP contribution in [0.15, 0.2) is 0 Å². The summed E-state index contributed by atoms with van der Waals surface area (Å²) in [5.74, 6) is -2.78. The number of hydrogen-bond donors (Lipinski definition) is 5. The molecule has 5 N–H and O–H groups in total. The van der Waals surface area contributed by atoms with Crippen LogP contribution in [-0.2, 0) is 14.2 Å². The maximum absolute atomic E-state index is 9.66. The molecule has 10 heteroatoms. The van der Waals surface area contributed by atoms with Crippen molar-refractivity contribution in [3.8, 4) is 0 Å². The van der Waals surface area contributed by atoms with Gasteiger partial charge in [0, 0.05) is 0 Å². The van der Waals surface area contributed by atoms with Crippen LogP contribution in [0.3, 0.4) is 0 Å². The Morgan fingerprint density at radius 1 is 1.23 bits per heavy atom. The van der Waals surface area contributed by atoms with Crippen LogP contribution in [0.2, 0.25) is 0 Å². The predicted molar refractivity (Wildman–Crippen MR) is 42.0 cm³/mol. The largest absolute Gasteiger partial charge is 2.00 e. The Bertz CT molecular complexity index is 208. The van der Waals surface area contributed by atoms with Crippen molar-refractivity contribution in [3.05, 3.63) is 0 Å². The summed E-state index contributed by atoms with van der Waals surface area (Å²) in [7, 11) is -4.64. The first-order valence-electron chi connectivity index (χ1n) is 2.33. The molecule has 0 bridgehead atoms. The van der Waals surface area contributed by atoms with Crippen molar-refractivity contribution in [2.45, 2.75) is 0 Å². The van der Waals surface area contributed by atoms with Crippen molar-refractivity contribution in [2.24, 2.45) is 0 Å². The number of ketones is 1. The van der Waals surface area contributed by atoms with E-state index in [1.165, 1.54) is 0 Å². The maximum Gasteiger partial charge on any atom is 2.00 e. The fourth-order valence-electron chi connectivity index (χ4n) is 0.0676. The number of carbonyl (C=O) groups is 2. The molecule has 0 amide bonds. The minimum atomic E-state index is -4.64. The van der Waals surface area contributed by atoms with Gasteiger partial charge in [-0.05, 0) is 0 Å². The van der Waals surface area contributed by atoms with E-state index in [2.05, 4.69) is 0 Å². The summed E-state index contributed by atoms with van der Waals surface area (Å²) in [6, 6.07) is 0. The molecule has 0 aliphatic carbocycles. The third kappa shape index (κ3) is 32.3. The maximum atomic E-state index is 9.66. The van der Waals surface area contributed by atoms with Crippen molar-refractivity contribution < 1.29 is 41.9 Å². The first kappa shape index (κ1) is 19.4. The SMILES string of the molecule is O=C(O)C(=O)CO.O=P(O)(O)O.[Ba+2].[H-].[H-]. The molecular weight excluding hydrogens is 332 g/mol. The predicted octanol–water partition coefficient (Wildman–Crippen LogP) is -2.45. The van der Waals surface area contributed by atoms with E-state index in [4.69, 9.17) is 29.5 Å². The number of carboxylic acids is 1. The van der Waals surface area contributed by atoms with E-state index in [0.29, 0.717) is 0 Å². The molecule has 0 saturated heterocycles. The van der Waals surface area contributed by atoms with Crippen LogP contribution in [0.25, 0.3) is 0 Å². The minimum Gasteiger partial charge on any atom is -1.00 e.